The molecule has 1 aliphatic heterocycles. The van der Waals surface area contributed by atoms with E-state index in [0.717, 1.165) is 5.75 Å². The van der Waals surface area contributed by atoms with E-state index in [1.165, 1.54) is 0 Å². The van der Waals surface area contributed by atoms with Crippen LogP contribution < -0.4 is 4.74 Å². The van der Waals surface area contributed by atoms with Crippen LogP contribution in [0.5, 0.6) is 5.75 Å². The van der Waals surface area contributed by atoms with Crippen LogP contribution in [0.4, 0.5) is 0 Å². The van der Waals surface area contributed by atoms with Crippen LogP contribution in [0.3, 0.4) is 0 Å². The molecule has 5 nitrogen and oxygen atoms in total. The number of benzene rings is 2. The first kappa shape index (κ1) is 17.7. The van der Waals surface area contributed by atoms with Gasteiger partial charge in [-0.15, -0.1) is 0 Å². The highest BCUT2D eigenvalue weighted by atomic mass is 16.5. The zero-order chi connectivity index (χ0) is 18.5. The van der Waals surface area contributed by atoms with Crippen molar-refractivity contribution in [2.24, 2.45) is 5.92 Å². The maximum atomic E-state index is 12.7. The highest BCUT2D eigenvalue weighted by Gasteiger charge is 2.29. The molecule has 0 radical (unpaired) electrons. The number of Topliss-reactive ketones (excluding diaryl/α,β-unsaturated/α-hetero) is 1. The second kappa shape index (κ2) is 7.83. The zero-order valence-corrected chi connectivity index (χ0v) is 14.6. The molecule has 132 valence electrons. The van der Waals surface area contributed by atoms with Gasteiger partial charge in [-0.2, -0.15) is 5.26 Å². The molecule has 0 N–H and O–H groups in total. The van der Waals surface area contributed by atoms with Crippen molar-refractivity contribution in [1.82, 2.24) is 4.90 Å². The summed E-state index contributed by atoms with van der Waals surface area (Å²) in [4.78, 5) is 27.1. The summed E-state index contributed by atoms with van der Waals surface area (Å²) in [6.07, 6.45) is 1.26. The molecule has 1 fully saturated rings. The highest BCUT2D eigenvalue weighted by Crippen LogP contribution is 2.24. The van der Waals surface area contributed by atoms with E-state index in [1.54, 1.807) is 60.5 Å². The van der Waals surface area contributed by atoms with E-state index < -0.39 is 0 Å². The van der Waals surface area contributed by atoms with Gasteiger partial charge in [0.15, 0.2) is 5.78 Å². The van der Waals surface area contributed by atoms with Gasteiger partial charge in [-0.1, -0.05) is 12.1 Å². The van der Waals surface area contributed by atoms with Gasteiger partial charge in [-0.05, 0) is 49.2 Å². The molecule has 0 bridgehead atoms. The molecule has 2 aromatic carbocycles. The Bertz CT molecular complexity index is 844. The molecule has 5 heteroatoms. The van der Waals surface area contributed by atoms with Gasteiger partial charge in [0, 0.05) is 24.6 Å². The number of methoxy groups -OCH3 is 1. The van der Waals surface area contributed by atoms with Crippen LogP contribution in [-0.2, 0) is 0 Å². The van der Waals surface area contributed by atoms with Crippen LogP contribution in [0.25, 0.3) is 0 Å². The molecule has 0 atom stereocenters. The first-order chi connectivity index (χ1) is 12.6. The van der Waals surface area contributed by atoms with Crippen LogP contribution in [-0.4, -0.2) is 36.8 Å². The number of ketones is 1. The molecule has 0 aliphatic carbocycles. The van der Waals surface area contributed by atoms with E-state index >= 15 is 0 Å². The number of hydrogen-bond donors (Lipinski definition) is 0. The molecule has 1 heterocycles. The minimum atomic E-state index is -0.141. The maximum Gasteiger partial charge on any atom is 0.255 e. The third-order valence-electron chi connectivity index (χ3n) is 4.81. The molecule has 1 saturated heterocycles. The lowest BCUT2D eigenvalue weighted by Gasteiger charge is -2.31. The first-order valence-electron chi connectivity index (χ1n) is 8.60. The van der Waals surface area contributed by atoms with E-state index in [4.69, 9.17) is 10.00 Å². The molecule has 1 aliphatic rings. The van der Waals surface area contributed by atoms with Crippen molar-refractivity contribution < 1.29 is 14.3 Å². The smallest absolute Gasteiger partial charge is 0.255 e. The number of carbonyl (C=O) groups excluding carboxylic acids is 2. The number of likely N-dealkylation sites (tertiary alicyclic amines) is 1. The topological polar surface area (TPSA) is 70.4 Å². The van der Waals surface area contributed by atoms with Crippen molar-refractivity contribution in [2.75, 3.05) is 20.2 Å². The minimum Gasteiger partial charge on any atom is -0.497 e. The quantitative estimate of drug-likeness (QED) is 0.795. The number of amides is 1. The van der Waals surface area contributed by atoms with Gasteiger partial charge < -0.3 is 9.64 Å². The lowest BCUT2D eigenvalue weighted by atomic mass is 9.88. The Morgan fingerprint density at radius 1 is 1.08 bits per heavy atom. The number of rotatable bonds is 4. The van der Waals surface area contributed by atoms with E-state index in [1.807, 2.05) is 0 Å². The second-order valence-electron chi connectivity index (χ2n) is 6.32. The Morgan fingerprint density at radius 2 is 1.73 bits per heavy atom. The third kappa shape index (κ3) is 3.60. The predicted molar refractivity (Wildman–Crippen MR) is 97.1 cm³/mol. The Kier molecular flexibility index (Phi) is 5.33. The van der Waals surface area contributed by atoms with Gasteiger partial charge in [0.25, 0.3) is 5.91 Å². The largest absolute Gasteiger partial charge is 0.497 e. The fourth-order valence-electron chi connectivity index (χ4n) is 3.27. The molecule has 0 spiro atoms. The number of nitriles is 1. The van der Waals surface area contributed by atoms with Crippen LogP contribution in [0, 0.1) is 17.2 Å². The first-order valence-corrected chi connectivity index (χ1v) is 8.60. The van der Waals surface area contributed by atoms with Crippen molar-refractivity contribution in [2.45, 2.75) is 12.8 Å². The lowest BCUT2D eigenvalue weighted by Crippen LogP contribution is -2.40. The number of carbonyl (C=O) groups is 2. The molecule has 0 saturated carbocycles. The molecule has 1 amide bonds. The molecular formula is C21H20N2O3. The summed E-state index contributed by atoms with van der Waals surface area (Å²) in [6, 6.07) is 16.0. The van der Waals surface area contributed by atoms with Crippen LogP contribution >= 0.6 is 0 Å². The number of piperidine rings is 1. The van der Waals surface area contributed by atoms with Crippen LogP contribution in [0.2, 0.25) is 0 Å². The average Bonchev–Trinajstić information content (AvgIpc) is 2.73. The van der Waals surface area contributed by atoms with Crippen molar-refractivity contribution >= 4 is 11.7 Å². The Labute approximate surface area is 152 Å². The fourth-order valence-corrected chi connectivity index (χ4v) is 3.27. The normalized spacial score (nSPS) is 14.5. The molecule has 0 unspecified atom stereocenters. The van der Waals surface area contributed by atoms with E-state index in [0.29, 0.717) is 42.6 Å². The third-order valence-corrected chi connectivity index (χ3v) is 4.81. The second-order valence-corrected chi connectivity index (χ2v) is 6.32. The molecule has 26 heavy (non-hydrogen) atoms. The average molecular weight is 348 g/mol. The predicted octanol–water partition coefficient (Wildman–Crippen LogP) is 3.30. The van der Waals surface area contributed by atoms with Gasteiger partial charge >= 0.3 is 0 Å². The minimum absolute atomic E-state index is 0.0846. The summed E-state index contributed by atoms with van der Waals surface area (Å²) in [6.45, 7) is 1.04. The maximum absolute atomic E-state index is 12.7. The lowest BCUT2D eigenvalue weighted by molar-refractivity contribution is 0.0650. The Hall–Kier alpha value is -3.13. The highest BCUT2D eigenvalue weighted by molar-refractivity contribution is 5.99. The van der Waals surface area contributed by atoms with Crippen LogP contribution in [0.15, 0.2) is 48.5 Å². The van der Waals surface area contributed by atoms with E-state index in [2.05, 4.69) is 6.07 Å². The zero-order valence-electron chi connectivity index (χ0n) is 14.6. The number of nitrogens with zero attached hydrogens (tertiary/aromatic N) is 2. The van der Waals surface area contributed by atoms with Crippen molar-refractivity contribution in [3.05, 3.63) is 65.2 Å². The van der Waals surface area contributed by atoms with Gasteiger partial charge in [0.2, 0.25) is 0 Å². The summed E-state index contributed by atoms with van der Waals surface area (Å²) in [5.74, 6) is 0.603. The summed E-state index contributed by atoms with van der Waals surface area (Å²) in [5, 5.41) is 9.17. The Morgan fingerprint density at radius 3 is 2.35 bits per heavy atom. The summed E-state index contributed by atoms with van der Waals surface area (Å²) < 4.78 is 5.12. The number of hydrogen-bond acceptors (Lipinski definition) is 4. The Balaban J connectivity index is 1.64. The standard InChI is InChI=1S/C21H20N2O3/c1-26-18-8-6-15(7-9-18)20(24)16-10-12-23(13-11-16)21(25)19-5-3-2-4-17(19)14-22/h2-9,16H,10-13H2,1H3. The monoisotopic (exact) mass is 348 g/mol. The van der Waals surface area contributed by atoms with Gasteiger partial charge in [0.05, 0.1) is 24.3 Å². The van der Waals surface area contributed by atoms with Gasteiger partial charge in [-0.3, -0.25) is 9.59 Å². The van der Waals surface area contributed by atoms with Crippen molar-refractivity contribution in [3.63, 3.8) is 0 Å². The fraction of sp³-hybridized carbons (Fsp3) is 0.286. The van der Waals surface area contributed by atoms with E-state index in [9.17, 15) is 9.59 Å². The van der Waals surface area contributed by atoms with Crippen LogP contribution in [0.1, 0.15) is 39.1 Å². The molecular weight excluding hydrogens is 328 g/mol. The van der Waals surface area contributed by atoms with Crippen molar-refractivity contribution in [1.29, 1.82) is 5.26 Å². The van der Waals surface area contributed by atoms with Gasteiger partial charge in [-0.25, -0.2) is 0 Å². The molecule has 2 aromatic rings. The van der Waals surface area contributed by atoms with E-state index in [-0.39, 0.29) is 17.6 Å². The molecule has 3 rings (SSSR count). The van der Waals surface area contributed by atoms with Gasteiger partial charge in [0.1, 0.15) is 5.75 Å². The SMILES string of the molecule is COc1ccc(C(=O)C2CCN(C(=O)c3ccccc3C#N)CC2)cc1. The summed E-state index contributed by atoms with van der Waals surface area (Å²) in [5.41, 5.74) is 1.48. The molecule has 0 aromatic heterocycles. The number of ether oxygens (including phenoxy) is 1. The summed E-state index contributed by atoms with van der Waals surface area (Å²) >= 11 is 0. The summed E-state index contributed by atoms with van der Waals surface area (Å²) in [7, 11) is 1.59. The van der Waals surface area contributed by atoms with Crippen molar-refractivity contribution in [3.8, 4) is 11.8 Å².